The zero-order chi connectivity index (χ0) is 19.5. The average molecular weight is 371 g/mol. The normalized spacial score (nSPS) is 12.1. The molecule has 0 fully saturated rings. The van der Waals surface area contributed by atoms with Crippen LogP contribution in [0.2, 0.25) is 0 Å². The Hall–Kier alpha value is -1.06. The van der Waals surface area contributed by atoms with Crippen molar-refractivity contribution in [3.8, 4) is 0 Å². The third-order valence-corrected chi connectivity index (χ3v) is 4.95. The summed E-state index contributed by atoms with van der Waals surface area (Å²) in [6.07, 6.45) is 18.6. The summed E-state index contributed by atoms with van der Waals surface area (Å²) >= 11 is 0. The molecule has 0 spiro atoms. The minimum atomic E-state index is -0.923. The Bertz CT molecular complexity index is 341. The van der Waals surface area contributed by atoms with Crippen LogP contribution >= 0.6 is 0 Å². The molecular weight excluding hydrogens is 328 g/mol. The van der Waals surface area contributed by atoms with Crippen LogP contribution in [0.1, 0.15) is 117 Å². The van der Waals surface area contributed by atoms with Crippen molar-refractivity contribution in [2.45, 2.75) is 117 Å². The highest BCUT2D eigenvalue weighted by Gasteiger charge is 2.22. The van der Waals surface area contributed by atoms with Crippen LogP contribution < -0.4 is 0 Å². The molecule has 1 unspecified atom stereocenters. The van der Waals surface area contributed by atoms with Crippen molar-refractivity contribution < 1.29 is 19.4 Å². The van der Waals surface area contributed by atoms with Crippen LogP contribution in [0, 0.1) is 5.92 Å². The molecule has 0 amide bonds. The molecule has 0 saturated heterocycles. The van der Waals surface area contributed by atoms with E-state index in [0.29, 0.717) is 13.0 Å². The molecule has 0 aromatic rings. The van der Waals surface area contributed by atoms with Crippen molar-refractivity contribution in [2.24, 2.45) is 5.92 Å². The minimum absolute atomic E-state index is 0.114. The zero-order valence-electron chi connectivity index (χ0n) is 17.3. The summed E-state index contributed by atoms with van der Waals surface area (Å²) in [4.78, 5) is 22.6. The summed E-state index contributed by atoms with van der Waals surface area (Å²) in [5.41, 5.74) is 0. The number of carbonyl (C=O) groups is 2. The molecule has 0 radical (unpaired) electrons. The van der Waals surface area contributed by atoms with Crippen LogP contribution in [0.25, 0.3) is 0 Å². The Morgan fingerprint density at radius 3 is 1.54 bits per heavy atom. The van der Waals surface area contributed by atoms with Crippen molar-refractivity contribution in [1.82, 2.24) is 0 Å². The maximum Gasteiger partial charge on any atom is 0.309 e. The van der Waals surface area contributed by atoms with Crippen molar-refractivity contribution >= 4 is 11.9 Å². The van der Waals surface area contributed by atoms with Gasteiger partial charge in [-0.05, 0) is 13.3 Å². The first kappa shape index (κ1) is 24.9. The van der Waals surface area contributed by atoms with E-state index in [2.05, 4.69) is 6.92 Å². The fourth-order valence-electron chi connectivity index (χ4n) is 3.36. The summed E-state index contributed by atoms with van der Waals surface area (Å²) in [5.74, 6) is -1.76. The number of carboxylic acids is 1. The van der Waals surface area contributed by atoms with Crippen LogP contribution in [0.15, 0.2) is 0 Å². The van der Waals surface area contributed by atoms with Gasteiger partial charge in [0.1, 0.15) is 0 Å². The lowest BCUT2D eigenvalue weighted by atomic mass is 9.97. The van der Waals surface area contributed by atoms with E-state index < -0.39 is 11.9 Å². The second-order valence-corrected chi connectivity index (χ2v) is 7.43. The molecule has 0 aliphatic rings. The summed E-state index contributed by atoms with van der Waals surface area (Å²) in [6.45, 7) is 4.32. The first-order chi connectivity index (χ1) is 12.6. The van der Waals surface area contributed by atoms with Crippen LogP contribution in [0.5, 0.6) is 0 Å². The second kappa shape index (κ2) is 18.7. The van der Waals surface area contributed by atoms with Crippen LogP contribution in [-0.4, -0.2) is 23.7 Å². The molecule has 0 aromatic carbocycles. The SMILES string of the molecule is CCCCCCCCCCCCCCCCC(CC(=O)O)C(=O)OCC. The first-order valence-electron chi connectivity index (χ1n) is 11.0. The average Bonchev–Trinajstić information content (AvgIpc) is 2.60. The predicted molar refractivity (Wildman–Crippen MR) is 107 cm³/mol. The Kier molecular flexibility index (Phi) is 18.0. The third-order valence-electron chi connectivity index (χ3n) is 4.95. The molecule has 1 N–H and O–H groups in total. The third kappa shape index (κ3) is 16.4. The fourth-order valence-corrected chi connectivity index (χ4v) is 3.36. The number of hydrogen-bond donors (Lipinski definition) is 1. The molecule has 0 heterocycles. The quantitative estimate of drug-likeness (QED) is 0.208. The predicted octanol–water partition coefficient (Wildman–Crippen LogP) is 6.51. The van der Waals surface area contributed by atoms with Gasteiger partial charge in [-0.2, -0.15) is 0 Å². The summed E-state index contributed by atoms with van der Waals surface area (Å²) in [5, 5.41) is 8.91. The van der Waals surface area contributed by atoms with E-state index in [1.165, 1.54) is 77.0 Å². The van der Waals surface area contributed by atoms with Crippen LogP contribution in [-0.2, 0) is 14.3 Å². The molecule has 4 heteroatoms. The molecular formula is C22H42O4. The molecule has 154 valence electrons. The lowest BCUT2D eigenvalue weighted by Gasteiger charge is -2.13. The van der Waals surface area contributed by atoms with Gasteiger partial charge in [-0.25, -0.2) is 0 Å². The number of rotatable bonds is 19. The van der Waals surface area contributed by atoms with E-state index in [-0.39, 0.29) is 12.4 Å². The van der Waals surface area contributed by atoms with E-state index in [0.717, 1.165) is 12.8 Å². The fraction of sp³-hybridized carbons (Fsp3) is 0.909. The summed E-state index contributed by atoms with van der Waals surface area (Å²) in [7, 11) is 0. The van der Waals surface area contributed by atoms with Gasteiger partial charge in [0.05, 0.1) is 18.9 Å². The highest BCUT2D eigenvalue weighted by atomic mass is 16.5. The van der Waals surface area contributed by atoms with Gasteiger partial charge in [0, 0.05) is 0 Å². The molecule has 1 atom stereocenters. The summed E-state index contributed by atoms with van der Waals surface area (Å²) in [6, 6.07) is 0. The van der Waals surface area contributed by atoms with Crippen LogP contribution in [0.4, 0.5) is 0 Å². The van der Waals surface area contributed by atoms with Gasteiger partial charge in [0.15, 0.2) is 0 Å². The topological polar surface area (TPSA) is 63.6 Å². The van der Waals surface area contributed by atoms with E-state index in [4.69, 9.17) is 9.84 Å². The lowest BCUT2D eigenvalue weighted by Crippen LogP contribution is -2.21. The maximum atomic E-state index is 11.8. The lowest BCUT2D eigenvalue weighted by molar-refractivity contribution is -0.153. The number of carbonyl (C=O) groups excluding carboxylic acids is 1. The number of carboxylic acid groups (broad SMARTS) is 1. The molecule has 26 heavy (non-hydrogen) atoms. The maximum absolute atomic E-state index is 11.8. The number of esters is 1. The standard InChI is InChI=1S/C22H42O4/c1-3-5-6-7-8-9-10-11-12-13-14-15-16-17-18-20(19-21(23)24)22(25)26-4-2/h20H,3-19H2,1-2H3,(H,23,24). The van der Waals surface area contributed by atoms with Gasteiger partial charge in [0.25, 0.3) is 0 Å². The van der Waals surface area contributed by atoms with Crippen molar-refractivity contribution in [1.29, 1.82) is 0 Å². The zero-order valence-corrected chi connectivity index (χ0v) is 17.3. The van der Waals surface area contributed by atoms with Crippen molar-refractivity contribution in [2.75, 3.05) is 6.61 Å². The molecule has 0 saturated carbocycles. The number of aliphatic carboxylic acids is 1. The Balaban J connectivity index is 3.47. The number of hydrogen-bond acceptors (Lipinski definition) is 3. The van der Waals surface area contributed by atoms with E-state index >= 15 is 0 Å². The van der Waals surface area contributed by atoms with E-state index in [1.807, 2.05) is 0 Å². The van der Waals surface area contributed by atoms with Crippen molar-refractivity contribution in [3.05, 3.63) is 0 Å². The minimum Gasteiger partial charge on any atom is -0.481 e. The van der Waals surface area contributed by atoms with Gasteiger partial charge in [-0.1, -0.05) is 96.8 Å². The van der Waals surface area contributed by atoms with Gasteiger partial charge in [-0.3, -0.25) is 9.59 Å². The second-order valence-electron chi connectivity index (χ2n) is 7.43. The summed E-state index contributed by atoms with van der Waals surface area (Å²) < 4.78 is 4.97. The van der Waals surface area contributed by atoms with Crippen molar-refractivity contribution in [3.63, 3.8) is 0 Å². The molecule has 0 rings (SSSR count). The molecule has 0 aromatic heterocycles. The molecule has 0 bridgehead atoms. The van der Waals surface area contributed by atoms with Gasteiger partial charge >= 0.3 is 11.9 Å². The number of ether oxygens (including phenoxy) is 1. The van der Waals surface area contributed by atoms with Gasteiger partial charge in [0.2, 0.25) is 0 Å². The van der Waals surface area contributed by atoms with Gasteiger partial charge in [-0.15, -0.1) is 0 Å². The highest BCUT2D eigenvalue weighted by Crippen LogP contribution is 2.18. The van der Waals surface area contributed by atoms with Gasteiger partial charge < -0.3 is 9.84 Å². The van der Waals surface area contributed by atoms with Crippen LogP contribution in [0.3, 0.4) is 0 Å². The monoisotopic (exact) mass is 370 g/mol. The Morgan fingerprint density at radius 2 is 1.15 bits per heavy atom. The number of unbranched alkanes of at least 4 members (excludes halogenated alkanes) is 13. The Labute approximate surface area is 161 Å². The van der Waals surface area contributed by atoms with E-state index in [1.54, 1.807) is 6.92 Å². The molecule has 0 aliphatic heterocycles. The largest absolute Gasteiger partial charge is 0.481 e. The highest BCUT2D eigenvalue weighted by molar-refractivity contribution is 5.78. The molecule has 0 aliphatic carbocycles. The first-order valence-corrected chi connectivity index (χ1v) is 11.0. The molecule has 4 nitrogen and oxygen atoms in total. The smallest absolute Gasteiger partial charge is 0.309 e. The Morgan fingerprint density at radius 1 is 0.731 bits per heavy atom. The van der Waals surface area contributed by atoms with E-state index in [9.17, 15) is 9.59 Å².